The van der Waals surface area contributed by atoms with E-state index >= 15 is 0 Å². The Morgan fingerprint density at radius 1 is 1.11 bits per heavy atom. The Hall–Kier alpha value is -0.340. The molecule has 1 aliphatic carbocycles. The van der Waals surface area contributed by atoms with Crippen LogP contribution in [0.3, 0.4) is 0 Å². The van der Waals surface area contributed by atoms with Crippen LogP contribution in [0.5, 0.6) is 0 Å². The maximum absolute atomic E-state index is 6.57. The Bertz CT molecular complexity index is 433. The molecule has 0 amide bonds. The average molecular weight is 310 g/mol. The van der Waals surface area contributed by atoms with Crippen LogP contribution >= 0.6 is 15.9 Å². The Balaban J connectivity index is 2.34. The van der Waals surface area contributed by atoms with Gasteiger partial charge in [-0.15, -0.1) is 0 Å². The zero-order valence-electron chi connectivity index (χ0n) is 11.7. The molecule has 2 heteroatoms. The van der Waals surface area contributed by atoms with Crippen molar-refractivity contribution in [2.45, 2.75) is 58.9 Å². The summed E-state index contributed by atoms with van der Waals surface area (Å²) in [7, 11) is 0. The molecule has 1 nitrogen and oxygen atoms in total. The van der Waals surface area contributed by atoms with Crippen LogP contribution in [0.1, 0.15) is 60.4 Å². The third-order valence-corrected chi connectivity index (χ3v) is 5.65. The van der Waals surface area contributed by atoms with Crippen molar-refractivity contribution >= 4 is 15.9 Å². The summed E-state index contributed by atoms with van der Waals surface area (Å²) in [6, 6.07) is 2.47. The maximum Gasteiger partial charge on any atom is 0.0329 e. The van der Waals surface area contributed by atoms with Gasteiger partial charge in [-0.1, -0.05) is 41.3 Å². The van der Waals surface area contributed by atoms with Gasteiger partial charge in [0.2, 0.25) is 0 Å². The highest BCUT2D eigenvalue weighted by Crippen LogP contribution is 2.38. The van der Waals surface area contributed by atoms with Crippen molar-refractivity contribution in [1.82, 2.24) is 0 Å². The van der Waals surface area contributed by atoms with Crippen molar-refractivity contribution in [3.8, 4) is 0 Å². The highest BCUT2D eigenvalue weighted by molar-refractivity contribution is 9.10. The number of hydrogen-bond donors (Lipinski definition) is 1. The van der Waals surface area contributed by atoms with Gasteiger partial charge in [0.15, 0.2) is 0 Å². The molecule has 0 aliphatic heterocycles. The first kappa shape index (κ1) is 14.1. The van der Waals surface area contributed by atoms with E-state index in [1.165, 1.54) is 58.8 Å². The third kappa shape index (κ3) is 2.65. The summed E-state index contributed by atoms with van der Waals surface area (Å²) < 4.78 is 1.23. The number of aryl methyl sites for hydroxylation is 2. The average Bonchev–Trinajstić information content (AvgIpc) is 2.37. The van der Waals surface area contributed by atoms with E-state index in [-0.39, 0.29) is 6.04 Å². The van der Waals surface area contributed by atoms with Crippen molar-refractivity contribution in [2.75, 3.05) is 0 Å². The lowest BCUT2D eigenvalue weighted by Gasteiger charge is -2.30. The Morgan fingerprint density at radius 2 is 1.72 bits per heavy atom. The van der Waals surface area contributed by atoms with Crippen LogP contribution in [-0.2, 0) is 0 Å². The first-order valence-electron chi connectivity index (χ1n) is 7.04. The second-order valence-corrected chi connectivity index (χ2v) is 6.58. The molecular weight excluding hydrogens is 286 g/mol. The van der Waals surface area contributed by atoms with E-state index in [1.54, 1.807) is 0 Å². The minimum Gasteiger partial charge on any atom is -0.324 e. The molecule has 1 saturated carbocycles. The molecule has 0 bridgehead atoms. The lowest BCUT2D eigenvalue weighted by molar-refractivity contribution is 0.307. The third-order valence-electron chi connectivity index (χ3n) is 4.43. The number of hydrogen-bond acceptors (Lipinski definition) is 1. The van der Waals surface area contributed by atoms with E-state index in [4.69, 9.17) is 5.73 Å². The molecule has 2 N–H and O–H groups in total. The summed E-state index contributed by atoms with van der Waals surface area (Å²) in [6.07, 6.45) is 6.68. The number of halogens is 1. The van der Waals surface area contributed by atoms with Gasteiger partial charge in [-0.05, 0) is 61.8 Å². The van der Waals surface area contributed by atoms with Gasteiger partial charge in [-0.25, -0.2) is 0 Å². The number of benzene rings is 1. The monoisotopic (exact) mass is 309 g/mol. The van der Waals surface area contributed by atoms with E-state index in [2.05, 4.69) is 42.8 Å². The molecule has 2 rings (SSSR count). The molecule has 0 saturated heterocycles. The topological polar surface area (TPSA) is 26.0 Å². The van der Waals surface area contributed by atoms with E-state index < -0.39 is 0 Å². The molecule has 0 aromatic heterocycles. The van der Waals surface area contributed by atoms with Gasteiger partial charge in [0.1, 0.15) is 0 Å². The smallest absolute Gasteiger partial charge is 0.0329 e. The standard InChI is InChI=1S/C16H24BrN/c1-10-9-11(2)15(17)12(3)14(10)16(18)13-7-5-4-6-8-13/h9,13,16H,4-8,18H2,1-3H3. The van der Waals surface area contributed by atoms with Crippen LogP contribution in [0.25, 0.3) is 0 Å². The van der Waals surface area contributed by atoms with E-state index in [9.17, 15) is 0 Å². The first-order chi connectivity index (χ1) is 8.52. The second kappa shape index (κ2) is 5.75. The lowest BCUT2D eigenvalue weighted by Crippen LogP contribution is -2.25. The molecular formula is C16H24BrN. The summed E-state index contributed by atoms with van der Waals surface area (Å²) in [5.41, 5.74) is 11.9. The molecule has 1 aliphatic rings. The van der Waals surface area contributed by atoms with Crippen molar-refractivity contribution in [2.24, 2.45) is 11.7 Å². The largest absolute Gasteiger partial charge is 0.324 e. The van der Waals surface area contributed by atoms with Crippen LogP contribution < -0.4 is 5.73 Å². The predicted molar refractivity (Wildman–Crippen MR) is 81.9 cm³/mol. The van der Waals surface area contributed by atoms with Crippen LogP contribution in [0, 0.1) is 26.7 Å². The molecule has 1 atom stereocenters. The van der Waals surface area contributed by atoms with Crippen molar-refractivity contribution in [3.05, 3.63) is 32.8 Å². The summed E-state index contributed by atoms with van der Waals surface area (Å²) in [6.45, 7) is 6.55. The zero-order chi connectivity index (χ0) is 13.3. The molecule has 0 radical (unpaired) electrons. The van der Waals surface area contributed by atoms with E-state index in [1.807, 2.05) is 0 Å². The summed E-state index contributed by atoms with van der Waals surface area (Å²) >= 11 is 3.70. The van der Waals surface area contributed by atoms with Crippen LogP contribution in [-0.4, -0.2) is 0 Å². The van der Waals surface area contributed by atoms with Crippen molar-refractivity contribution in [1.29, 1.82) is 0 Å². The fourth-order valence-electron chi connectivity index (χ4n) is 3.42. The highest BCUT2D eigenvalue weighted by atomic mass is 79.9. The van der Waals surface area contributed by atoms with E-state index in [0.29, 0.717) is 5.92 Å². The SMILES string of the molecule is Cc1cc(C)c(C(N)C2CCCCC2)c(C)c1Br. The van der Waals surface area contributed by atoms with Gasteiger partial charge in [0.05, 0.1) is 0 Å². The van der Waals surface area contributed by atoms with Gasteiger partial charge in [0.25, 0.3) is 0 Å². The highest BCUT2D eigenvalue weighted by Gasteiger charge is 2.25. The summed E-state index contributed by atoms with van der Waals surface area (Å²) in [4.78, 5) is 0. The fourth-order valence-corrected chi connectivity index (χ4v) is 3.75. The Labute approximate surface area is 119 Å². The van der Waals surface area contributed by atoms with Gasteiger partial charge in [0, 0.05) is 10.5 Å². The molecule has 1 unspecified atom stereocenters. The molecule has 1 fully saturated rings. The van der Waals surface area contributed by atoms with E-state index in [0.717, 1.165) is 0 Å². The second-order valence-electron chi connectivity index (χ2n) is 5.79. The van der Waals surface area contributed by atoms with Crippen LogP contribution in [0.4, 0.5) is 0 Å². The number of rotatable bonds is 2. The van der Waals surface area contributed by atoms with Gasteiger partial charge < -0.3 is 5.73 Å². The fraction of sp³-hybridized carbons (Fsp3) is 0.625. The molecule has 0 heterocycles. The quantitative estimate of drug-likeness (QED) is 0.821. The molecule has 18 heavy (non-hydrogen) atoms. The molecule has 0 spiro atoms. The van der Waals surface area contributed by atoms with Gasteiger partial charge >= 0.3 is 0 Å². The van der Waals surface area contributed by atoms with Gasteiger partial charge in [-0.2, -0.15) is 0 Å². The Kier molecular flexibility index (Phi) is 4.50. The zero-order valence-corrected chi connectivity index (χ0v) is 13.3. The van der Waals surface area contributed by atoms with Crippen LogP contribution in [0.2, 0.25) is 0 Å². The molecule has 100 valence electrons. The Morgan fingerprint density at radius 3 is 2.33 bits per heavy atom. The minimum atomic E-state index is 0.210. The lowest BCUT2D eigenvalue weighted by atomic mass is 9.79. The van der Waals surface area contributed by atoms with Gasteiger partial charge in [-0.3, -0.25) is 0 Å². The first-order valence-corrected chi connectivity index (χ1v) is 7.83. The number of nitrogens with two attached hydrogens (primary N) is 1. The predicted octanol–water partition coefficient (Wildman–Crippen LogP) is 4.95. The molecule has 1 aromatic rings. The van der Waals surface area contributed by atoms with Crippen molar-refractivity contribution in [3.63, 3.8) is 0 Å². The normalized spacial score (nSPS) is 18.9. The minimum absolute atomic E-state index is 0.210. The molecule has 1 aromatic carbocycles. The summed E-state index contributed by atoms with van der Waals surface area (Å²) in [5, 5.41) is 0. The maximum atomic E-state index is 6.57. The van der Waals surface area contributed by atoms with Crippen molar-refractivity contribution < 1.29 is 0 Å². The van der Waals surface area contributed by atoms with Crippen LogP contribution in [0.15, 0.2) is 10.5 Å². The summed E-state index contributed by atoms with van der Waals surface area (Å²) in [5.74, 6) is 0.672.